The second-order valence-electron chi connectivity index (χ2n) is 3.56. The highest BCUT2D eigenvalue weighted by Crippen LogP contribution is 2.19. The van der Waals surface area contributed by atoms with Gasteiger partial charge in [-0.25, -0.2) is 4.98 Å². The van der Waals surface area contributed by atoms with Crippen molar-refractivity contribution in [3.8, 4) is 0 Å². The minimum Gasteiger partial charge on any atom is -0.388 e. The largest absolute Gasteiger partial charge is 0.388 e. The lowest BCUT2D eigenvalue weighted by molar-refractivity contribution is 0.698. The fourth-order valence-corrected chi connectivity index (χ4v) is 1.52. The first-order valence-electron chi connectivity index (χ1n) is 4.72. The van der Waals surface area contributed by atoms with Gasteiger partial charge in [0.05, 0.1) is 12.2 Å². The Morgan fingerprint density at radius 2 is 2.44 bits per heavy atom. The molecule has 0 radical (unpaired) electrons. The van der Waals surface area contributed by atoms with E-state index in [9.17, 15) is 4.79 Å². The molecule has 0 amide bonds. The second kappa shape index (κ2) is 4.98. The van der Waals surface area contributed by atoms with Crippen molar-refractivity contribution in [1.29, 1.82) is 5.41 Å². The fraction of sp³-hybridized carbons (Fsp3) is 0.444. The van der Waals surface area contributed by atoms with Gasteiger partial charge in [-0.3, -0.25) is 10.2 Å². The molecule has 0 saturated carbocycles. The van der Waals surface area contributed by atoms with Gasteiger partial charge in [-0.2, -0.15) is 0 Å². The van der Waals surface area contributed by atoms with Gasteiger partial charge in [-0.15, -0.1) is 0 Å². The summed E-state index contributed by atoms with van der Waals surface area (Å²) in [6.45, 7) is 1.88. The molecular formula is C9H14ClN5O. The van der Waals surface area contributed by atoms with E-state index in [1.165, 1.54) is 6.33 Å². The molecule has 4 N–H and O–H groups in total. The predicted molar refractivity (Wildman–Crippen MR) is 64.3 cm³/mol. The van der Waals surface area contributed by atoms with Crippen LogP contribution in [0, 0.1) is 5.41 Å². The molecule has 1 unspecified atom stereocenters. The molecule has 0 bridgehead atoms. The number of rotatable bonds is 4. The number of aromatic amines is 1. The van der Waals surface area contributed by atoms with E-state index in [4.69, 9.17) is 22.7 Å². The first-order chi connectivity index (χ1) is 7.43. The summed E-state index contributed by atoms with van der Waals surface area (Å²) in [4.78, 5) is 19.4. The smallest absolute Gasteiger partial charge is 0.271 e. The van der Waals surface area contributed by atoms with Gasteiger partial charge in [0.2, 0.25) is 0 Å². The van der Waals surface area contributed by atoms with E-state index in [2.05, 4.69) is 9.97 Å². The molecule has 1 aromatic heterocycles. The Labute approximate surface area is 97.9 Å². The molecule has 6 nitrogen and oxygen atoms in total. The number of nitrogens with one attached hydrogen (secondary N) is 2. The molecule has 0 fully saturated rings. The maximum absolute atomic E-state index is 11.3. The van der Waals surface area contributed by atoms with Gasteiger partial charge in [0.15, 0.2) is 5.82 Å². The van der Waals surface area contributed by atoms with Crippen LogP contribution in [0.1, 0.15) is 13.3 Å². The molecule has 1 rings (SSSR count). The van der Waals surface area contributed by atoms with Gasteiger partial charge in [-0.1, -0.05) is 11.6 Å². The highest BCUT2D eigenvalue weighted by molar-refractivity contribution is 6.32. The summed E-state index contributed by atoms with van der Waals surface area (Å²) in [6.07, 6.45) is 1.68. The lowest BCUT2D eigenvalue weighted by atomic mass is 10.2. The van der Waals surface area contributed by atoms with Crippen LogP contribution in [0.4, 0.5) is 5.82 Å². The summed E-state index contributed by atoms with van der Waals surface area (Å²) in [5.74, 6) is 0.472. The number of anilines is 1. The van der Waals surface area contributed by atoms with Crippen molar-refractivity contribution in [2.45, 2.75) is 19.4 Å². The minimum atomic E-state index is -0.381. The maximum Gasteiger partial charge on any atom is 0.271 e. The molecule has 0 spiro atoms. The third kappa shape index (κ3) is 2.73. The van der Waals surface area contributed by atoms with Gasteiger partial charge < -0.3 is 15.6 Å². The monoisotopic (exact) mass is 243 g/mol. The van der Waals surface area contributed by atoms with Crippen molar-refractivity contribution < 1.29 is 0 Å². The summed E-state index contributed by atoms with van der Waals surface area (Å²) in [6, 6.07) is -0.0516. The third-order valence-corrected chi connectivity index (χ3v) is 2.63. The van der Waals surface area contributed by atoms with E-state index < -0.39 is 0 Å². The number of amidine groups is 1. The number of H-pyrrole nitrogens is 1. The molecule has 16 heavy (non-hydrogen) atoms. The number of nitrogens with two attached hydrogens (primary N) is 1. The van der Waals surface area contributed by atoms with E-state index in [1.807, 2.05) is 6.92 Å². The maximum atomic E-state index is 11.3. The van der Waals surface area contributed by atoms with E-state index >= 15 is 0 Å². The third-order valence-electron chi connectivity index (χ3n) is 2.29. The van der Waals surface area contributed by atoms with E-state index in [0.29, 0.717) is 12.2 Å². The molecule has 7 heteroatoms. The number of hydrogen-bond acceptors (Lipinski definition) is 4. The Morgan fingerprint density at radius 3 is 3.00 bits per heavy atom. The van der Waals surface area contributed by atoms with Gasteiger partial charge in [0.25, 0.3) is 5.56 Å². The van der Waals surface area contributed by atoms with Crippen molar-refractivity contribution in [3.05, 3.63) is 21.7 Å². The van der Waals surface area contributed by atoms with Gasteiger partial charge in [0.1, 0.15) is 5.02 Å². The number of nitrogens with zero attached hydrogens (tertiary/aromatic N) is 2. The second-order valence-corrected chi connectivity index (χ2v) is 3.94. The van der Waals surface area contributed by atoms with Crippen LogP contribution in [-0.2, 0) is 0 Å². The molecule has 1 aromatic rings. The van der Waals surface area contributed by atoms with Crippen molar-refractivity contribution in [2.24, 2.45) is 5.73 Å². The van der Waals surface area contributed by atoms with Crippen LogP contribution in [0.25, 0.3) is 0 Å². The Morgan fingerprint density at radius 1 is 1.81 bits per heavy atom. The molecule has 0 aliphatic heterocycles. The van der Waals surface area contributed by atoms with Crippen LogP contribution < -0.4 is 16.2 Å². The van der Waals surface area contributed by atoms with E-state index in [0.717, 1.165) is 0 Å². The van der Waals surface area contributed by atoms with Crippen LogP contribution in [0.3, 0.4) is 0 Å². The first-order valence-corrected chi connectivity index (χ1v) is 5.10. The van der Waals surface area contributed by atoms with E-state index in [1.54, 1.807) is 11.9 Å². The average Bonchev–Trinajstić information content (AvgIpc) is 2.20. The Kier molecular flexibility index (Phi) is 3.89. The molecule has 0 aliphatic carbocycles. The molecule has 0 aromatic carbocycles. The topological polar surface area (TPSA) is 98.9 Å². The fourth-order valence-electron chi connectivity index (χ4n) is 1.28. The summed E-state index contributed by atoms with van der Waals surface area (Å²) in [5.41, 5.74) is 4.93. The standard InChI is InChI=1S/C9H14ClN5O/c1-5(3-6(11)12)15(2)8-7(10)9(16)14-4-13-8/h4-5H,3H2,1-2H3,(H3,11,12)(H,13,14,16). The van der Waals surface area contributed by atoms with Crippen LogP contribution in [0.5, 0.6) is 0 Å². The molecule has 1 atom stereocenters. The summed E-state index contributed by atoms with van der Waals surface area (Å²) in [5, 5.41) is 7.25. The zero-order valence-corrected chi connectivity index (χ0v) is 9.88. The quantitative estimate of drug-likeness (QED) is 0.532. The molecular weight excluding hydrogens is 230 g/mol. The number of halogens is 1. The molecule has 0 aliphatic rings. The summed E-state index contributed by atoms with van der Waals surface area (Å²) >= 11 is 5.84. The molecule has 1 heterocycles. The van der Waals surface area contributed by atoms with Crippen LogP contribution in [0.15, 0.2) is 11.1 Å². The zero-order chi connectivity index (χ0) is 12.3. The lowest BCUT2D eigenvalue weighted by Gasteiger charge is -2.25. The van der Waals surface area contributed by atoms with Crippen LogP contribution >= 0.6 is 11.6 Å². The zero-order valence-electron chi connectivity index (χ0n) is 9.12. The minimum absolute atomic E-state index is 0.0420. The summed E-state index contributed by atoms with van der Waals surface area (Å²) in [7, 11) is 1.75. The normalized spacial score (nSPS) is 12.2. The van der Waals surface area contributed by atoms with Gasteiger partial charge >= 0.3 is 0 Å². The Bertz CT molecular complexity index is 444. The van der Waals surface area contributed by atoms with Gasteiger partial charge in [0, 0.05) is 19.5 Å². The number of hydrogen-bond donors (Lipinski definition) is 3. The average molecular weight is 244 g/mol. The van der Waals surface area contributed by atoms with Crippen molar-refractivity contribution in [1.82, 2.24) is 9.97 Å². The Balaban J connectivity index is 2.96. The van der Waals surface area contributed by atoms with Crippen molar-refractivity contribution in [3.63, 3.8) is 0 Å². The molecule has 0 saturated heterocycles. The lowest BCUT2D eigenvalue weighted by Crippen LogP contribution is -2.34. The number of aromatic nitrogens is 2. The first kappa shape index (κ1) is 12.5. The van der Waals surface area contributed by atoms with Crippen molar-refractivity contribution in [2.75, 3.05) is 11.9 Å². The van der Waals surface area contributed by atoms with Crippen LogP contribution in [0.2, 0.25) is 5.02 Å². The van der Waals surface area contributed by atoms with Gasteiger partial charge in [-0.05, 0) is 6.92 Å². The highest BCUT2D eigenvalue weighted by atomic mass is 35.5. The predicted octanol–water partition coefficient (Wildman–Crippen LogP) is 0.574. The highest BCUT2D eigenvalue weighted by Gasteiger charge is 2.16. The Hall–Kier alpha value is -1.56. The van der Waals surface area contributed by atoms with E-state index in [-0.39, 0.29) is 22.5 Å². The van der Waals surface area contributed by atoms with Crippen LogP contribution in [-0.4, -0.2) is 28.9 Å². The molecule has 88 valence electrons. The van der Waals surface area contributed by atoms with Crippen molar-refractivity contribution >= 4 is 23.3 Å². The SMILES string of the molecule is CC(CC(=N)N)N(C)c1nc[nH]c(=O)c1Cl. The summed E-state index contributed by atoms with van der Waals surface area (Å²) < 4.78 is 0.